The number of fused-ring (bicyclic) bond motifs is 4. The van der Waals surface area contributed by atoms with Crippen LogP contribution in [-0.2, 0) is 4.79 Å². The lowest BCUT2D eigenvalue weighted by atomic mass is 9.94. The molecule has 1 N–H and O–H groups in total. The van der Waals surface area contributed by atoms with Crippen LogP contribution in [0.2, 0.25) is 0 Å². The van der Waals surface area contributed by atoms with Crippen molar-refractivity contribution in [3.63, 3.8) is 0 Å². The van der Waals surface area contributed by atoms with Crippen LogP contribution in [0, 0.1) is 5.92 Å². The van der Waals surface area contributed by atoms with Gasteiger partial charge in [-0.1, -0.05) is 6.92 Å². The SMILES string of the molecule is CCCN1C(=O)[C@H]2CC[C@@H]1CN(C(=O)c1ccc[nH]1)C2. The van der Waals surface area contributed by atoms with Gasteiger partial charge in [0.1, 0.15) is 5.69 Å². The van der Waals surface area contributed by atoms with Gasteiger partial charge in [-0.2, -0.15) is 0 Å². The van der Waals surface area contributed by atoms with Crippen LogP contribution < -0.4 is 0 Å². The molecule has 0 aliphatic carbocycles. The summed E-state index contributed by atoms with van der Waals surface area (Å²) >= 11 is 0. The fourth-order valence-corrected chi connectivity index (χ4v) is 3.37. The topological polar surface area (TPSA) is 56.4 Å². The number of aromatic amines is 1. The van der Waals surface area contributed by atoms with Crippen LogP contribution in [0.25, 0.3) is 0 Å². The summed E-state index contributed by atoms with van der Waals surface area (Å²) in [6.07, 6.45) is 4.66. The monoisotopic (exact) mass is 275 g/mol. The highest BCUT2D eigenvalue weighted by molar-refractivity contribution is 5.93. The van der Waals surface area contributed by atoms with Gasteiger partial charge in [0.25, 0.3) is 5.91 Å². The van der Waals surface area contributed by atoms with E-state index in [9.17, 15) is 9.59 Å². The lowest BCUT2D eigenvalue weighted by molar-refractivity contribution is -0.139. The lowest BCUT2D eigenvalue weighted by Crippen LogP contribution is -2.48. The number of H-pyrrole nitrogens is 1. The number of hydrogen-bond acceptors (Lipinski definition) is 2. The Morgan fingerprint density at radius 2 is 2.25 bits per heavy atom. The molecule has 0 radical (unpaired) electrons. The molecule has 108 valence electrons. The van der Waals surface area contributed by atoms with E-state index in [0.717, 1.165) is 25.8 Å². The number of piperidine rings is 1. The van der Waals surface area contributed by atoms with Gasteiger partial charge in [0, 0.05) is 31.9 Å². The second-order valence-electron chi connectivity index (χ2n) is 5.75. The maximum absolute atomic E-state index is 12.5. The van der Waals surface area contributed by atoms with Gasteiger partial charge in [-0.15, -0.1) is 0 Å². The molecule has 4 heterocycles. The zero-order chi connectivity index (χ0) is 14.1. The molecule has 1 aromatic rings. The number of nitrogens with one attached hydrogen (secondary N) is 1. The van der Waals surface area contributed by atoms with E-state index in [0.29, 0.717) is 18.8 Å². The van der Waals surface area contributed by atoms with Crippen molar-refractivity contribution in [1.29, 1.82) is 0 Å². The Balaban J connectivity index is 1.80. The number of carbonyl (C=O) groups is 2. The standard InChI is InChI=1S/C15H21N3O2/c1-2-8-18-12-6-5-11(14(18)19)9-17(10-12)15(20)13-4-3-7-16-13/h3-4,7,11-12,16H,2,5-6,8-10H2,1H3/t11-,12+/m0/s1. The molecule has 5 heteroatoms. The molecule has 2 atom stereocenters. The smallest absolute Gasteiger partial charge is 0.270 e. The van der Waals surface area contributed by atoms with Gasteiger partial charge in [0.05, 0.1) is 5.92 Å². The van der Waals surface area contributed by atoms with E-state index >= 15 is 0 Å². The van der Waals surface area contributed by atoms with Crippen molar-refractivity contribution in [3.05, 3.63) is 24.0 Å². The van der Waals surface area contributed by atoms with Crippen LogP contribution in [0.3, 0.4) is 0 Å². The molecule has 2 bridgehead atoms. The van der Waals surface area contributed by atoms with E-state index < -0.39 is 0 Å². The van der Waals surface area contributed by atoms with Crippen molar-refractivity contribution in [2.75, 3.05) is 19.6 Å². The van der Waals surface area contributed by atoms with Crippen molar-refractivity contribution in [1.82, 2.24) is 14.8 Å². The van der Waals surface area contributed by atoms with Crippen molar-refractivity contribution in [3.8, 4) is 0 Å². The molecular formula is C15H21N3O2. The third-order valence-corrected chi connectivity index (χ3v) is 4.37. The fourth-order valence-electron chi connectivity index (χ4n) is 3.37. The molecule has 4 rings (SSSR count). The fraction of sp³-hybridized carbons (Fsp3) is 0.600. The van der Waals surface area contributed by atoms with Crippen LogP contribution in [0.1, 0.15) is 36.7 Å². The Kier molecular flexibility index (Phi) is 3.51. The van der Waals surface area contributed by atoms with Crippen molar-refractivity contribution in [2.45, 2.75) is 32.2 Å². The first-order valence-corrected chi connectivity index (χ1v) is 7.44. The molecule has 20 heavy (non-hydrogen) atoms. The third-order valence-electron chi connectivity index (χ3n) is 4.37. The van der Waals surface area contributed by atoms with Crippen molar-refractivity contribution in [2.24, 2.45) is 5.92 Å². The van der Waals surface area contributed by atoms with Crippen molar-refractivity contribution >= 4 is 11.8 Å². The molecule has 0 spiro atoms. The second kappa shape index (κ2) is 5.31. The third kappa shape index (κ3) is 2.21. The molecule has 0 unspecified atom stereocenters. The van der Waals surface area contributed by atoms with Gasteiger partial charge >= 0.3 is 0 Å². The molecule has 3 aliphatic rings. The molecule has 3 fully saturated rings. The Morgan fingerprint density at radius 3 is 2.95 bits per heavy atom. The summed E-state index contributed by atoms with van der Waals surface area (Å²) in [6.45, 7) is 4.13. The van der Waals surface area contributed by atoms with Crippen molar-refractivity contribution < 1.29 is 9.59 Å². The van der Waals surface area contributed by atoms with Gasteiger partial charge in [-0.05, 0) is 31.4 Å². The number of rotatable bonds is 3. The van der Waals surface area contributed by atoms with Crippen LogP contribution in [-0.4, -0.2) is 52.3 Å². The predicted octanol–water partition coefficient (Wildman–Crippen LogP) is 1.49. The van der Waals surface area contributed by atoms with Gasteiger partial charge in [-0.25, -0.2) is 0 Å². The molecular weight excluding hydrogens is 254 g/mol. The first kappa shape index (κ1) is 13.2. The van der Waals surface area contributed by atoms with E-state index in [1.807, 2.05) is 15.9 Å². The lowest BCUT2D eigenvalue weighted by Gasteiger charge is -2.35. The zero-order valence-electron chi connectivity index (χ0n) is 11.8. The minimum atomic E-state index is -0.0146. The van der Waals surface area contributed by atoms with Crippen LogP contribution in [0.5, 0.6) is 0 Å². The second-order valence-corrected chi connectivity index (χ2v) is 5.75. The molecule has 3 aliphatic heterocycles. The Hall–Kier alpha value is -1.78. The molecule has 1 aromatic heterocycles. The molecule has 3 saturated heterocycles. The van der Waals surface area contributed by atoms with E-state index in [-0.39, 0.29) is 23.8 Å². The number of nitrogens with zero attached hydrogens (tertiary/aromatic N) is 2. The molecule has 5 nitrogen and oxygen atoms in total. The maximum atomic E-state index is 12.5. The minimum Gasteiger partial charge on any atom is -0.357 e. The van der Waals surface area contributed by atoms with Gasteiger partial charge in [0.15, 0.2) is 0 Å². The summed E-state index contributed by atoms with van der Waals surface area (Å²) < 4.78 is 0. The first-order valence-electron chi connectivity index (χ1n) is 7.44. The largest absolute Gasteiger partial charge is 0.357 e. The average Bonchev–Trinajstić information content (AvgIpc) is 2.85. The number of hydrogen-bond donors (Lipinski definition) is 1. The van der Waals surface area contributed by atoms with E-state index in [2.05, 4.69) is 11.9 Å². The van der Waals surface area contributed by atoms with Crippen LogP contribution >= 0.6 is 0 Å². The van der Waals surface area contributed by atoms with Gasteiger partial charge in [-0.3, -0.25) is 9.59 Å². The Labute approximate surface area is 118 Å². The van der Waals surface area contributed by atoms with E-state index in [1.54, 1.807) is 12.3 Å². The zero-order valence-corrected chi connectivity index (χ0v) is 11.8. The van der Waals surface area contributed by atoms with E-state index in [4.69, 9.17) is 0 Å². The maximum Gasteiger partial charge on any atom is 0.270 e. The summed E-state index contributed by atoms with van der Waals surface area (Å²) in [6, 6.07) is 3.81. The molecule has 0 saturated carbocycles. The number of carbonyl (C=O) groups excluding carboxylic acids is 2. The first-order chi connectivity index (χ1) is 9.70. The summed E-state index contributed by atoms with van der Waals surface area (Å²) in [5.41, 5.74) is 0.612. The minimum absolute atomic E-state index is 0.0121. The average molecular weight is 275 g/mol. The Bertz CT molecular complexity index is 497. The van der Waals surface area contributed by atoms with Gasteiger partial charge < -0.3 is 14.8 Å². The van der Waals surface area contributed by atoms with Crippen LogP contribution in [0.4, 0.5) is 0 Å². The van der Waals surface area contributed by atoms with E-state index in [1.165, 1.54) is 0 Å². The summed E-state index contributed by atoms with van der Waals surface area (Å²) in [4.78, 5) is 31.7. The van der Waals surface area contributed by atoms with Crippen LogP contribution in [0.15, 0.2) is 18.3 Å². The summed E-state index contributed by atoms with van der Waals surface area (Å²) in [5.74, 6) is 0.238. The number of aromatic nitrogens is 1. The number of amides is 2. The Morgan fingerprint density at radius 1 is 1.40 bits per heavy atom. The normalized spacial score (nSPS) is 25.9. The highest BCUT2D eigenvalue weighted by Gasteiger charge is 2.41. The highest BCUT2D eigenvalue weighted by Crippen LogP contribution is 2.29. The predicted molar refractivity (Wildman–Crippen MR) is 75.2 cm³/mol. The van der Waals surface area contributed by atoms with Gasteiger partial charge in [0.2, 0.25) is 5.91 Å². The quantitative estimate of drug-likeness (QED) is 0.908. The summed E-state index contributed by atoms with van der Waals surface area (Å²) in [7, 11) is 0. The summed E-state index contributed by atoms with van der Waals surface area (Å²) in [5, 5.41) is 0. The molecule has 2 amide bonds. The molecule has 0 aromatic carbocycles. The highest BCUT2D eigenvalue weighted by atomic mass is 16.2.